The van der Waals surface area contributed by atoms with Crippen molar-refractivity contribution in [3.05, 3.63) is 24.4 Å². The number of nitrogens with one attached hydrogen (secondary N) is 2. The molecule has 0 saturated carbocycles. The van der Waals surface area contributed by atoms with Gasteiger partial charge in [0.1, 0.15) is 5.82 Å². The van der Waals surface area contributed by atoms with Crippen LogP contribution in [0.3, 0.4) is 0 Å². The molecule has 1 aromatic heterocycles. The smallest absolute Gasteiger partial charge is 0.231 e. The molecule has 2 atom stereocenters. The summed E-state index contributed by atoms with van der Waals surface area (Å²) >= 11 is 5.22. The standard InChI is InChI=1S/C16H25N5S/c1-5-6-17-16(22)20-15-18-13(4)8-14(19-15)21-9-11(2)7-12(3)10-21/h5,8,11-12H,1,6-7,9-10H2,2-4H3,(H2,17,18,19,20,22)/t11-,12-/m0/s1. The van der Waals surface area contributed by atoms with E-state index in [0.29, 0.717) is 29.4 Å². The van der Waals surface area contributed by atoms with Gasteiger partial charge in [-0.15, -0.1) is 6.58 Å². The first-order valence-electron chi connectivity index (χ1n) is 7.74. The Bertz CT molecular complexity index is 535. The van der Waals surface area contributed by atoms with Gasteiger partial charge in [0.25, 0.3) is 0 Å². The lowest BCUT2D eigenvalue weighted by molar-refractivity contribution is 0.355. The third kappa shape index (κ3) is 4.66. The summed E-state index contributed by atoms with van der Waals surface area (Å²) in [5, 5.41) is 6.58. The molecule has 1 aliphatic heterocycles. The number of hydrogen-bond donors (Lipinski definition) is 2. The molecule has 2 N–H and O–H groups in total. The third-order valence-corrected chi connectivity index (χ3v) is 3.91. The molecular weight excluding hydrogens is 294 g/mol. The summed E-state index contributed by atoms with van der Waals surface area (Å²) in [6.07, 6.45) is 3.04. The number of piperidine rings is 1. The SMILES string of the molecule is C=CCNC(=S)Nc1nc(C)cc(N2C[C@@H](C)C[C@H](C)C2)n1. The molecule has 0 aromatic carbocycles. The molecule has 1 aromatic rings. The molecule has 5 nitrogen and oxygen atoms in total. The van der Waals surface area contributed by atoms with Gasteiger partial charge in [0, 0.05) is 31.4 Å². The van der Waals surface area contributed by atoms with Crippen molar-refractivity contribution in [3.63, 3.8) is 0 Å². The quantitative estimate of drug-likeness (QED) is 0.657. The van der Waals surface area contributed by atoms with Gasteiger partial charge in [-0.05, 0) is 37.4 Å². The number of rotatable bonds is 4. The number of thiocarbonyl (C=S) groups is 1. The summed E-state index contributed by atoms with van der Waals surface area (Å²) in [6, 6.07) is 2.04. The van der Waals surface area contributed by atoms with Gasteiger partial charge >= 0.3 is 0 Å². The first kappa shape index (κ1) is 16.7. The number of aryl methyl sites for hydroxylation is 1. The molecule has 0 bridgehead atoms. The van der Waals surface area contributed by atoms with Crippen LogP contribution < -0.4 is 15.5 Å². The Kier molecular flexibility index (Phi) is 5.71. The molecule has 22 heavy (non-hydrogen) atoms. The van der Waals surface area contributed by atoms with Crippen LogP contribution in [0.5, 0.6) is 0 Å². The van der Waals surface area contributed by atoms with E-state index in [1.165, 1.54) is 6.42 Å². The molecule has 0 aliphatic carbocycles. The predicted octanol–water partition coefficient (Wildman–Crippen LogP) is 2.74. The van der Waals surface area contributed by atoms with Crippen molar-refractivity contribution in [2.45, 2.75) is 27.2 Å². The van der Waals surface area contributed by atoms with E-state index < -0.39 is 0 Å². The molecule has 0 spiro atoms. The normalized spacial score (nSPS) is 21.3. The van der Waals surface area contributed by atoms with Gasteiger partial charge in [-0.2, -0.15) is 4.98 Å². The minimum Gasteiger partial charge on any atom is -0.359 e. The topological polar surface area (TPSA) is 53.1 Å². The molecule has 1 fully saturated rings. The summed E-state index contributed by atoms with van der Waals surface area (Å²) < 4.78 is 0. The minimum absolute atomic E-state index is 0.511. The van der Waals surface area contributed by atoms with E-state index in [0.717, 1.165) is 24.6 Å². The molecular formula is C16H25N5S. The highest BCUT2D eigenvalue weighted by molar-refractivity contribution is 7.80. The minimum atomic E-state index is 0.511. The molecule has 0 unspecified atom stereocenters. The van der Waals surface area contributed by atoms with Crippen LogP contribution in [0.25, 0.3) is 0 Å². The van der Waals surface area contributed by atoms with Gasteiger partial charge in [-0.3, -0.25) is 0 Å². The highest BCUT2D eigenvalue weighted by atomic mass is 32.1. The van der Waals surface area contributed by atoms with Gasteiger partial charge in [0.15, 0.2) is 5.11 Å². The lowest BCUT2D eigenvalue weighted by atomic mass is 9.92. The van der Waals surface area contributed by atoms with E-state index in [-0.39, 0.29) is 0 Å². The number of aromatic nitrogens is 2. The van der Waals surface area contributed by atoms with Crippen LogP contribution in [0.1, 0.15) is 26.0 Å². The average Bonchev–Trinajstić information content (AvgIpc) is 2.43. The Labute approximate surface area is 138 Å². The molecule has 2 heterocycles. The van der Waals surface area contributed by atoms with Gasteiger partial charge in [-0.25, -0.2) is 4.98 Å². The Hall–Kier alpha value is -1.69. The number of anilines is 2. The summed E-state index contributed by atoms with van der Waals surface area (Å²) in [6.45, 7) is 12.9. The van der Waals surface area contributed by atoms with Crippen molar-refractivity contribution in [1.29, 1.82) is 0 Å². The zero-order valence-corrected chi connectivity index (χ0v) is 14.4. The van der Waals surface area contributed by atoms with E-state index in [9.17, 15) is 0 Å². The Morgan fingerprint density at radius 1 is 1.41 bits per heavy atom. The van der Waals surface area contributed by atoms with Gasteiger partial charge in [0.05, 0.1) is 0 Å². The molecule has 1 aliphatic rings. The fraction of sp³-hybridized carbons (Fsp3) is 0.562. The van der Waals surface area contributed by atoms with Gasteiger partial charge in [-0.1, -0.05) is 19.9 Å². The molecule has 0 radical (unpaired) electrons. The highest BCUT2D eigenvalue weighted by Crippen LogP contribution is 2.25. The summed E-state index contributed by atoms with van der Waals surface area (Å²) in [7, 11) is 0. The second-order valence-electron chi connectivity index (χ2n) is 6.17. The van der Waals surface area contributed by atoms with E-state index in [1.807, 2.05) is 13.0 Å². The maximum Gasteiger partial charge on any atom is 0.231 e. The van der Waals surface area contributed by atoms with Crippen LogP contribution in [0.4, 0.5) is 11.8 Å². The van der Waals surface area contributed by atoms with Gasteiger partial charge in [0.2, 0.25) is 5.95 Å². The molecule has 6 heteroatoms. The fourth-order valence-electron chi connectivity index (χ4n) is 2.93. The molecule has 1 saturated heterocycles. The maximum atomic E-state index is 5.22. The zero-order valence-electron chi connectivity index (χ0n) is 13.6. The second-order valence-corrected chi connectivity index (χ2v) is 6.57. The number of hydrogen-bond acceptors (Lipinski definition) is 4. The zero-order chi connectivity index (χ0) is 16.1. The second kappa shape index (κ2) is 7.54. The van der Waals surface area contributed by atoms with E-state index in [1.54, 1.807) is 6.08 Å². The van der Waals surface area contributed by atoms with Crippen molar-refractivity contribution in [1.82, 2.24) is 15.3 Å². The van der Waals surface area contributed by atoms with Crippen LogP contribution in [0, 0.1) is 18.8 Å². The van der Waals surface area contributed by atoms with Crippen LogP contribution in [-0.4, -0.2) is 34.7 Å². The van der Waals surface area contributed by atoms with E-state index >= 15 is 0 Å². The highest BCUT2D eigenvalue weighted by Gasteiger charge is 2.23. The van der Waals surface area contributed by atoms with Crippen molar-refractivity contribution in [3.8, 4) is 0 Å². The predicted molar refractivity (Wildman–Crippen MR) is 96.3 cm³/mol. The van der Waals surface area contributed by atoms with E-state index in [4.69, 9.17) is 12.2 Å². The van der Waals surface area contributed by atoms with Crippen molar-refractivity contribution in [2.24, 2.45) is 11.8 Å². The van der Waals surface area contributed by atoms with Gasteiger partial charge < -0.3 is 15.5 Å². The van der Waals surface area contributed by atoms with Crippen molar-refractivity contribution < 1.29 is 0 Å². The lowest BCUT2D eigenvalue weighted by Gasteiger charge is -2.36. The first-order chi connectivity index (χ1) is 10.5. The van der Waals surface area contributed by atoms with Crippen LogP contribution in [0.2, 0.25) is 0 Å². The van der Waals surface area contributed by atoms with Crippen LogP contribution >= 0.6 is 12.2 Å². The maximum absolute atomic E-state index is 5.22. The fourth-order valence-corrected chi connectivity index (χ4v) is 3.11. The Morgan fingerprint density at radius 3 is 2.73 bits per heavy atom. The molecule has 0 amide bonds. The van der Waals surface area contributed by atoms with Crippen molar-refractivity contribution >= 4 is 29.1 Å². The monoisotopic (exact) mass is 319 g/mol. The van der Waals surface area contributed by atoms with Crippen molar-refractivity contribution in [2.75, 3.05) is 29.9 Å². The van der Waals surface area contributed by atoms with Crippen LogP contribution in [-0.2, 0) is 0 Å². The lowest BCUT2D eigenvalue weighted by Crippen LogP contribution is -2.39. The summed E-state index contributed by atoms with van der Waals surface area (Å²) in [4.78, 5) is 11.4. The number of nitrogens with zero attached hydrogens (tertiary/aromatic N) is 3. The molecule has 2 rings (SSSR count). The van der Waals surface area contributed by atoms with E-state index in [2.05, 4.69) is 45.9 Å². The molecule has 120 valence electrons. The first-order valence-corrected chi connectivity index (χ1v) is 8.15. The Morgan fingerprint density at radius 2 is 2.09 bits per heavy atom. The summed E-state index contributed by atoms with van der Waals surface area (Å²) in [5.74, 6) is 2.89. The average molecular weight is 319 g/mol. The third-order valence-electron chi connectivity index (χ3n) is 3.67. The largest absolute Gasteiger partial charge is 0.359 e. The Balaban J connectivity index is 2.12. The van der Waals surface area contributed by atoms with Crippen LogP contribution in [0.15, 0.2) is 18.7 Å². The summed E-state index contributed by atoms with van der Waals surface area (Å²) in [5.41, 5.74) is 0.935.